The van der Waals surface area contributed by atoms with E-state index in [4.69, 9.17) is 14.3 Å². The summed E-state index contributed by atoms with van der Waals surface area (Å²) >= 11 is 0. The molecule has 7 nitrogen and oxygen atoms in total. The Bertz CT molecular complexity index is 569. The lowest BCUT2D eigenvalue weighted by molar-refractivity contribution is -0.150. The molecule has 7 heteroatoms. The van der Waals surface area contributed by atoms with Crippen LogP contribution in [0.1, 0.15) is 40.2 Å². The van der Waals surface area contributed by atoms with Crippen LogP contribution >= 0.6 is 0 Å². The monoisotopic (exact) mass is 366 g/mol. The Kier molecular flexibility index (Phi) is 8.54. The highest BCUT2D eigenvalue weighted by Crippen LogP contribution is 2.12. The van der Waals surface area contributed by atoms with Crippen molar-refractivity contribution in [2.75, 3.05) is 7.11 Å². The minimum Gasteiger partial charge on any atom is -0.468 e. The quantitative estimate of drug-likeness (QED) is 0.543. The average molecular weight is 366 g/mol. The summed E-state index contributed by atoms with van der Waals surface area (Å²) in [7, 11) is 1.29. The molecule has 0 spiro atoms. The van der Waals surface area contributed by atoms with Crippen LogP contribution in [0.15, 0.2) is 30.3 Å². The number of carbonyl (C=O) groups is 2. The molecule has 0 fully saturated rings. The van der Waals surface area contributed by atoms with Gasteiger partial charge in [-0.25, -0.2) is 4.79 Å². The maximum absolute atomic E-state index is 12.2. The molecule has 1 rings (SSSR count). The number of alkyl carbamates (subject to hydrolysis) is 1. The highest BCUT2D eigenvalue weighted by atomic mass is 16.6. The Hall–Kier alpha value is -2.12. The molecule has 0 saturated heterocycles. The predicted octanol–water partition coefficient (Wildman–Crippen LogP) is 2.80. The van der Waals surface area contributed by atoms with Gasteiger partial charge in [-0.05, 0) is 32.3 Å². The van der Waals surface area contributed by atoms with Crippen LogP contribution in [0.25, 0.3) is 0 Å². The number of hydrogen-bond donors (Lipinski definition) is 2. The first-order valence-electron chi connectivity index (χ1n) is 8.62. The second-order valence-corrected chi connectivity index (χ2v) is 7.31. The molecule has 0 aliphatic heterocycles. The lowest BCUT2D eigenvalue weighted by Gasteiger charge is -2.30. The first-order chi connectivity index (χ1) is 12.1. The van der Waals surface area contributed by atoms with E-state index < -0.39 is 29.7 Å². The van der Waals surface area contributed by atoms with E-state index in [0.29, 0.717) is 0 Å². The minimum absolute atomic E-state index is 0.0700. The van der Waals surface area contributed by atoms with Crippen LogP contribution < -0.4 is 10.8 Å². The molecular formula is C19H30N2O5. The summed E-state index contributed by atoms with van der Waals surface area (Å²) in [5.74, 6) is -0.604. The van der Waals surface area contributed by atoms with Gasteiger partial charge in [0.25, 0.3) is 0 Å². The van der Waals surface area contributed by atoms with Gasteiger partial charge >= 0.3 is 12.1 Å². The normalized spacial score (nSPS) is 13.8. The topological polar surface area (TPSA) is 85.9 Å². The lowest BCUT2D eigenvalue weighted by Crippen LogP contribution is -2.57. The smallest absolute Gasteiger partial charge is 0.407 e. The molecule has 0 bridgehead atoms. The van der Waals surface area contributed by atoms with Gasteiger partial charge < -0.3 is 14.8 Å². The highest BCUT2D eigenvalue weighted by Gasteiger charge is 2.34. The van der Waals surface area contributed by atoms with E-state index >= 15 is 0 Å². The van der Waals surface area contributed by atoms with Crippen LogP contribution in [0.3, 0.4) is 0 Å². The zero-order valence-electron chi connectivity index (χ0n) is 16.4. The molecule has 2 N–H and O–H groups in total. The number of amides is 1. The summed E-state index contributed by atoms with van der Waals surface area (Å²) in [4.78, 5) is 29.8. The first-order valence-corrected chi connectivity index (χ1v) is 8.62. The Balaban J connectivity index is 2.77. The number of esters is 1. The second-order valence-electron chi connectivity index (χ2n) is 7.31. The molecule has 0 aliphatic rings. The molecule has 1 amide bonds. The first kappa shape index (κ1) is 21.9. The zero-order chi connectivity index (χ0) is 19.7. The molecule has 146 valence electrons. The highest BCUT2D eigenvalue weighted by molar-refractivity contribution is 5.78. The number of nitrogens with one attached hydrogen (secondary N) is 2. The predicted molar refractivity (Wildman–Crippen MR) is 98.2 cm³/mol. The molecule has 0 aliphatic carbocycles. The van der Waals surface area contributed by atoms with Gasteiger partial charge in [-0.2, -0.15) is 5.48 Å². The fourth-order valence-corrected chi connectivity index (χ4v) is 2.26. The number of hydrogen-bond acceptors (Lipinski definition) is 6. The van der Waals surface area contributed by atoms with Crippen LogP contribution in [0, 0.1) is 5.92 Å². The SMILES string of the molecule is COC(=O)C(NOCc1ccccc1)[C@@H](NC(=O)OC(C)(C)C)C(C)C. The third-order valence-corrected chi connectivity index (χ3v) is 3.51. The number of rotatable bonds is 8. The lowest BCUT2D eigenvalue weighted by atomic mass is 9.97. The van der Waals surface area contributed by atoms with E-state index in [9.17, 15) is 9.59 Å². The fourth-order valence-electron chi connectivity index (χ4n) is 2.26. The number of carbonyl (C=O) groups excluding carboxylic acids is 2. The molecule has 0 aromatic heterocycles. The van der Waals surface area contributed by atoms with E-state index in [1.807, 2.05) is 44.2 Å². The van der Waals surface area contributed by atoms with Gasteiger partial charge in [-0.1, -0.05) is 44.2 Å². The Labute approximate surface area is 155 Å². The molecule has 1 aromatic carbocycles. The summed E-state index contributed by atoms with van der Waals surface area (Å²) in [6.07, 6.45) is -0.602. The van der Waals surface area contributed by atoms with E-state index in [1.54, 1.807) is 20.8 Å². The molecule has 0 saturated carbocycles. The van der Waals surface area contributed by atoms with Crippen molar-refractivity contribution in [1.29, 1.82) is 0 Å². The number of hydroxylamine groups is 1. The van der Waals surface area contributed by atoms with Crippen molar-refractivity contribution in [2.24, 2.45) is 5.92 Å². The number of ether oxygens (including phenoxy) is 2. The van der Waals surface area contributed by atoms with Gasteiger partial charge in [-0.3, -0.25) is 9.63 Å². The second kappa shape index (κ2) is 10.1. The van der Waals surface area contributed by atoms with Crippen molar-refractivity contribution in [3.63, 3.8) is 0 Å². The molecule has 26 heavy (non-hydrogen) atoms. The largest absolute Gasteiger partial charge is 0.468 e. The molecule has 0 radical (unpaired) electrons. The summed E-state index contributed by atoms with van der Waals surface area (Å²) < 4.78 is 10.1. The fraction of sp³-hybridized carbons (Fsp3) is 0.579. The third-order valence-electron chi connectivity index (χ3n) is 3.51. The van der Waals surface area contributed by atoms with Crippen molar-refractivity contribution in [1.82, 2.24) is 10.8 Å². The van der Waals surface area contributed by atoms with Gasteiger partial charge in [0, 0.05) is 0 Å². The van der Waals surface area contributed by atoms with E-state index in [-0.39, 0.29) is 12.5 Å². The van der Waals surface area contributed by atoms with Crippen molar-refractivity contribution >= 4 is 12.1 Å². The van der Waals surface area contributed by atoms with Crippen molar-refractivity contribution in [3.05, 3.63) is 35.9 Å². The Morgan fingerprint density at radius 2 is 1.73 bits per heavy atom. The molecule has 0 heterocycles. The minimum atomic E-state index is -0.878. The van der Waals surface area contributed by atoms with Crippen molar-refractivity contribution in [3.8, 4) is 0 Å². The molecule has 2 atom stereocenters. The number of methoxy groups -OCH3 is 1. The number of benzene rings is 1. The van der Waals surface area contributed by atoms with Crippen LogP contribution in [-0.2, 0) is 25.7 Å². The van der Waals surface area contributed by atoms with E-state index in [0.717, 1.165) is 5.56 Å². The van der Waals surface area contributed by atoms with Crippen LogP contribution in [0.5, 0.6) is 0 Å². The van der Waals surface area contributed by atoms with E-state index in [1.165, 1.54) is 7.11 Å². The maximum Gasteiger partial charge on any atom is 0.407 e. The molecular weight excluding hydrogens is 336 g/mol. The summed E-state index contributed by atoms with van der Waals surface area (Å²) in [5, 5.41) is 2.73. The summed E-state index contributed by atoms with van der Waals surface area (Å²) in [5.41, 5.74) is 3.04. The van der Waals surface area contributed by atoms with Gasteiger partial charge in [0.15, 0.2) is 0 Å². The molecule has 1 unspecified atom stereocenters. The third kappa shape index (κ3) is 7.84. The van der Waals surface area contributed by atoms with Gasteiger partial charge in [0.05, 0.1) is 19.8 Å². The Morgan fingerprint density at radius 3 is 2.23 bits per heavy atom. The summed E-state index contributed by atoms with van der Waals surface area (Å²) in [6.45, 7) is 9.36. The molecule has 1 aromatic rings. The van der Waals surface area contributed by atoms with E-state index in [2.05, 4.69) is 10.8 Å². The van der Waals surface area contributed by atoms with Crippen molar-refractivity contribution < 1.29 is 23.9 Å². The van der Waals surface area contributed by atoms with Gasteiger partial charge in [-0.15, -0.1) is 0 Å². The Morgan fingerprint density at radius 1 is 1.12 bits per heavy atom. The standard InChI is InChI=1S/C19H30N2O5/c1-13(2)15(20-18(23)26-19(3,4)5)16(17(22)24-6)21-25-12-14-10-8-7-9-11-14/h7-11,13,15-16,21H,12H2,1-6H3,(H,20,23)/t15-,16?/m0/s1. The summed E-state index contributed by atoms with van der Waals surface area (Å²) in [6, 6.07) is 8.08. The maximum atomic E-state index is 12.2. The average Bonchev–Trinajstić information content (AvgIpc) is 2.55. The van der Waals surface area contributed by atoms with Crippen LogP contribution in [0.2, 0.25) is 0 Å². The van der Waals surface area contributed by atoms with Crippen LogP contribution in [0.4, 0.5) is 4.79 Å². The van der Waals surface area contributed by atoms with Gasteiger partial charge in [0.1, 0.15) is 11.6 Å². The van der Waals surface area contributed by atoms with Crippen LogP contribution in [-0.4, -0.2) is 36.9 Å². The zero-order valence-corrected chi connectivity index (χ0v) is 16.4. The van der Waals surface area contributed by atoms with Gasteiger partial charge in [0.2, 0.25) is 0 Å². The van der Waals surface area contributed by atoms with Crippen molar-refractivity contribution in [2.45, 2.75) is 58.9 Å².